The zero-order chi connectivity index (χ0) is 15.5. The number of benzene rings is 1. The van der Waals surface area contributed by atoms with E-state index in [2.05, 4.69) is 17.0 Å². The van der Waals surface area contributed by atoms with E-state index in [4.69, 9.17) is 0 Å². The van der Waals surface area contributed by atoms with Crippen LogP contribution in [0.3, 0.4) is 0 Å². The van der Waals surface area contributed by atoms with Crippen LogP contribution in [0.1, 0.15) is 37.8 Å². The highest BCUT2D eigenvalue weighted by Gasteiger charge is 2.29. The Morgan fingerprint density at radius 3 is 2.67 bits per heavy atom. The lowest BCUT2D eigenvalue weighted by molar-refractivity contribution is 0.491. The first kappa shape index (κ1) is 16.5. The van der Waals surface area contributed by atoms with Gasteiger partial charge in [-0.3, -0.25) is 0 Å². The Morgan fingerprint density at radius 1 is 1.33 bits per heavy atom. The van der Waals surface area contributed by atoms with E-state index in [9.17, 15) is 8.42 Å². The quantitative estimate of drug-likeness (QED) is 0.775. The van der Waals surface area contributed by atoms with E-state index in [0.717, 1.165) is 17.7 Å². The third kappa shape index (κ3) is 4.28. The molecule has 0 amide bonds. The van der Waals surface area contributed by atoms with E-state index in [0.29, 0.717) is 29.8 Å². The average molecular weight is 310 g/mol. The van der Waals surface area contributed by atoms with E-state index in [1.165, 1.54) is 12.8 Å². The van der Waals surface area contributed by atoms with Gasteiger partial charge in [0, 0.05) is 13.1 Å². The molecule has 4 nitrogen and oxygen atoms in total. The molecule has 0 aliphatic heterocycles. The molecule has 0 heterocycles. The Kier molecular flexibility index (Phi) is 5.41. The second kappa shape index (κ2) is 6.90. The van der Waals surface area contributed by atoms with E-state index in [1.807, 2.05) is 26.0 Å². The standard InChI is InChI=1S/C16H26N2O2S/c1-4-17-11-15-6-5-7-16(13(15)3)21(19,20)18-10-12(2)14-8-9-14/h5-7,12,14,17-18H,4,8-11H2,1-3H3. The summed E-state index contributed by atoms with van der Waals surface area (Å²) in [7, 11) is -3.42. The smallest absolute Gasteiger partial charge is 0.240 e. The summed E-state index contributed by atoms with van der Waals surface area (Å²) in [6, 6.07) is 5.48. The van der Waals surface area contributed by atoms with Crippen molar-refractivity contribution in [3.63, 3.8) is 0 Å². The maximum atomic E-state index is 12.5. The molecule has 0 saturated heterocycles. The molecule has 1 saturated carbocycles. The Labute approximate surface area is 128 Å². The first-order chi connectivity index (χ1) is 9.95. The number of sulfonamides is 1. The Hall–Kier alpha value is -0.910. The third-order valence-electron chi connectivity index (χ3n) is 4.27. The molecule has 1 aromatic rings. The van der Waals surface area contributed by atoms with E-state index in [1.54, 1.807) is 6.07 Å². The van der Waals surface area contributed by atoms with E-state index >= 15 is 0 Å². The molecular formula is C16H26N2O2S. The van der Waals surface area contributed by atoms with Crippen LogP contribution in [0, 0.1) is 18.8 Å². The lowest BCUT2D eigenvalue weighted by Crippen LogP contribution is -2.30. The summed E-state index contributed by atoms with van der Waals surface area (Å²) >= 11 is 0. The second-order valence-electron chi connectivity index (χ2n) is 5.99. The van der Waals surface area contributed by atoms with Crippen molar-refractivity contribution in [3.8, 4) is 0 Å². The minimum atomic E-state index is -3.42. The van der Waals surface area contributed by atoms with Gasteiger partial charge in [0.2, 0.25) is 10.0 Å². The summed E-state index contributed by atoms with van der Waals surface area (Å²) in [6.07, 6.45) is 2.47. The molecule has 5 heteroatoms. The Morgan fingerprint density at radius 2 is 2.05 bits per heavy atom. The van der Waals surface area contributed by atoms with Crippen molar-refractivity contribution < 1.29 is 8.42 Å². The predicted octanol–water partition coefficient (Wildman–Crippen LogP) is 2.43. The van der Waals surface area contributed by atoms with Gasteiger partial charge in [-0.15, -0.1) is 0 Å². The number of hydrogen-bond donors (Lipinski definition) is 2. The van der Waals surface area contributed by atoms with Gasteiger partial charge in [-0.2, -0.15) is 0 Å². The molecule has 0 radical (unpaired) electrons. The fourth-order valence-electron chi connectivity index (χ4n) is 2.55. The highest BCUT2D eigenvalue weighted by atomic mass is 32.2. The van der Waals surface area contributed by atoms with Gasteiger partial charge in [-0.25, -0.2) is 13.1 Å². The van der Waals surface area contributed by atoms with Crippen LogP contribution >= 0.6 is 0 Å². The largest absolute Gasteiger partial charge is 0.313 e. The molecule has 21 heavy (non-hydrogen) atoms. The summed E-state index contributed by atoms with van der Waals surface area (Å²) in [6.45, 7) is 8.14. The van der Waals surface area contributed by atoms with Crippen LogP contribution in [-0.2, 0) is 16.6 Å². The van der Waals surface area contributed by atoms with Crippen molar-refractivity contribution in [2.24, 2.45) is 11.8 Å². The topological polar surface area (TPSA) is 58.2 Å². The van der Waals surface area contributed by atoms with Gasteiger partial charge < -0.3 is 5.32 Å². The van der Waals surface area contributed by atoms with Gasteiger partial charge >= 0.3 is 0 Å². The van der Waals surface area contributed by atoms with Gasteiger partial charge in [-0.1, -0.05) is 26.0 Å². The van der Waals surface area contributed by atoms with Crippen molar-refractivity contribution in [2.75, 3.05) is 13.1 Å². The second-order valence-corrected chi connectivity index (χ2v) is 7.72. The first-order valence-electron chi connectivity index (χ1n) is 7.74. The molecule has 0 bridgehead atoms. The summed E-state index contributed by atoms with van der Waals surface area (Å²) in [4.78, 5) is 0.404. The van der Waals surface area contributed by atoms with Crippen LogP contribution in [0.5, 0.6) is 0 Å². The summed E-state index contributed by atoms with van der Waals surface area (Å²) in [5.41, 5.74) is 1.87. The van der Waals surface area contributed by atoms with Gasteiger partial charge in [0.1, 0.15) is 0 Å². The van der Waals surface area contributed by atoms with Crippen molar-refractivity contribution >= 4 is 10.0 Å². The molecule has 1 unspecified atom stereocenters. The molecule has 1 atom stereocenters. The van der Waals surface area contributed by atoms with Crippen LogP contribution in [0.25, 0.3) is 0 Å². The molecule has 0 aromatic heterocycles. The van der Waals surface area contributed by atoms with Crippen LogP contribution in [0.2, 0.25) is 0 Å². The molecule has 0 spiro atoms. The summed E-state index contributed by atoms with van der Waals surface area (Å²) in [5, 5.41) is 3.24. The van der Waals surface area contributed by atoms with Gasteiger partial charge in [0.05, 0.1) is 4.90 Å². The fraction of sp³-hybridized carbons (Fsp3) is 0.625. The van der Waals surface area contributed by atoms with Crippen LogP contribution in [0.15, 0.2) is 23.1 Å². The highest BCUT2D eigenvalue weighted by Crippen LogP contribution is 2.36. The minimum Gasteiger partial charge on any atom is -0.313 e. The van der Waals surface area contributed by atoms with Crippen LogP contribution in [-0.4, -0.2) is 21.5 Å². The zero-order valence-electron chi connectivity index (χ0n) is 13.1. The van der Waals surface area contributed by atoms with Gasteiger partial charge in [-0.05, 0) is 55.3 Å². The molecule has 2 N–H and O–H groups in total. The number of rotatable bonds is 8. The monoisotopic (exact) mass is 310 g/mol. The SMILES string of the molecule is CCNCc1cccc(S(=O)(=O)NCC(C)C2CC2)c1C. The molecule has 1 aromatic carbocycles. The third-order valence-corrected chi connectivity index (χ3v) is 5.84. The summed E-state index contributed by atoms with van der Waals surface area (Å²) < 4.78 is 27.8. The average Bonchev–Trinajstić information content (AvgIpc) is 3.28. The van der Waals surface area contributed by atoms with Gasteiger partial charge in [0.15, 0.2) is 0 Å². The maximum absolute atomic E-state index is 12.5. The summed E-state index contributed by atoms with van der Waals surface area (Å²) in [5.74, 6) is 1.12. The maximum Gasteiger partial charge on any atom is 0.240 e. The van der Waals surface area contributed by atoms with Crippen molar-refractivity contribution in [2.45, 2.75) is 45.1 Å². The number of nitrogens with one attached hydrogen (secondary N) is 2. The van der Waals surface area contributed by atoms with Crippen molar-refractivity contribution in [1.29, 1.82) is 0 Å². The number of hydrogen-bond acceptors (Lipinski definition) is 3. The normalized spacial score (nSPS) is 16.9. The molecule has 1 fully saturated rings. The van der Waals surface area contributed by atoms with Crippen LogP contribution < -0.4 is 10.0 Å². The van der Waals surface area contributed by atoms with E-state index < -0.39 is 10.0 Å². The molecule has 1 aliphatic carbocycles. The van der Waals surface area contributed by atoms with Crippen molar-refractivity contribution in [1.82, 2.24) is 10.0 Å². The Bertz CT molecular complexity index is 580. The lowest BCUT2D eigenvalue weighted by atomic mass is 10.1. The zero-order valence-corrected chi connectivity index (χ0v) is 14.0. The highest BCUT2D eigenvalue weighted by molar-refractivity contribution is 7.89. The van der Waals surface area contributed by atoms with Crippen LogP contribution in [0.4, 0.5) is 0 Å². The molecular weight excluding hydrogens is 284 g/mol. The minimum absolute atomic E-state index is 0.404. The fourth-order valence-corrected chi connectivity index (χ4v) is 3.98. The van der Waals surface area contributed by atoms with Gasteiger partial charge in [0.25, 0.3) is 0 Å². The Balaban J connectivity index is 2.11. The molecule has 118 valence electrons. The molecule has 1 aliphatic rings. The molecule has 2 rings (SSSR count). The van der Waals surface area contributed by atoms with Crippen molar-refractivity contribution in [3.05, 3.63) is 29.3 Å². The predicted molar refractivity (Wildman–Crippen MR) is 85.6 cm³/mol. The van der Waals surface area contributed by atoms with E-state index in [-0.39, 0.29) is 0 Å². The first-order valence-corrected chi connectivity index (χ1v) is 9.23. The lowest BCUT2D eigenvalue weighted by Gasteiger charge is -2.15.